The van der Waals surface area contributed by atoms with Crippen LogP contribution < -0.4 is 0 Å². The molecule has 1 rings (SSSR count). The Morgan fingerprint density at radius 2 is 1.48 bits per heavy atom. The van der Waals surface area contributed by atoms with Crippen LogP contribution in [0.25, 0.3) is 0 Å². The van der Waals surface area contributed by atoms with Crippen molar-refractivity contribution < 1.29 is 39.2 Å². The van der Waals surface area contributed by atoms with Gasteiger partial charge in [0.25, 0.3) is 0 Å². The van der Waals surface area contributed by atoms with Crippen LogP contribution in [-0.2, 0) is 23.9 Å². The van der Waals surface area contributed by atoms with Crippen molar-refractivity contribution in [1.82, 2.24) is 0 Å². The lowest BCUT2D eigenvalue weighted by atomic mass is 9.90. The average Bonchev–Trinajstić information content (AvgIpc) is 3.34. The molecule has 0 spiro atoms. The number of allylic oxidation sites excluding steroid dienone is 2. The van der Waals surface area contributed by atoms with Crippen molar-refractivity contribution in [3.8, 4) is 0 Å². The van der Waals surface area contributed by atoms with E-state index < -0.39 is 30.9 Å². The zero-order valence-electron chi connectivity index (χ0n) is 30.6. The number of aliphatic hydroxyl groups excluding tert-OH is 3. The molecule has 1 saturated carbocycles. The first kappa shape index (κ1) is 44.0. The van der Waals surface area contributed by atoms with E-state index in [0.29, 0.717) is 32.1 Å². The van der Waals surface area contributed by atoms with Crippen LogP contribution in [0.15, 0.2) is 24.3 Å². The third kappa shape index (κ3) is 21.8. The average molecular weight is 679 g/mol. The van der Waals surface area contributed by atoms with Crippen molar-refractivity contribution in [2.75, 3.05) is 13.2 Å². The molecule has 8 nitrogen and oxygen atoms in total. The van der Waals surface area contributed by atoms with Crippen LogP contribution in [0.1, 0.15) is 162 Å². The second-order valence-electron chi connectivity index (χ2n) is 14.0. The molecule has 1 unspecified atom stereocenters. The maximum Gasteiger partial charge on any atom is 0.306 e. The van der Waals surface area contributed by atoms with Crippen molar-refractivity contribution >= 4 is 17.7 Å². The number of rotatable bonds is 30. The van der Waals surface area contributed by atoms with Crippen molar-refractivity contribution in [2.24, 2.45) is 17.8 Å². The predicted molar refractivity (Wildman–Crippen MR) is 192 cm³/mol. The summed E-state index contributed by atoms with van der Waals surface area (Å²) >= 11 is 0. The lowest BCUT2D eigenvalue weighted by molar-refractivity contribution is -0.161. The van der Waals surface area contributed by atoms with E-state index in [4.69, 9.17) is 9.47 Å². The fourth-order valence-corrected chi connectivity index (χ4v) is 6.22. The lowest BCUT2D eigenvalue weighted by Crippen LogP contribution is -2.28. The molecule has 1 aliphatic carbocycles. The quantitative estimate of drug-likeness (QED) is 0.0393. The predicted octanol–water partition coefficient (Wildman–Crippen LogP) is 8.34. The Kier molecular flexibility index (Phi) is 26.4. The monoisotopic (exact) mass is 679 g/mol. The lowest BCUT2D eigenvalue weighted by Gasteiger charge is -2.16. The minimum Gasteiger partial charge on any atom is -0.462 e. The van der Waals surface area contributed by atoms with Crippen LogP contribution in [0.3, 0.4) is 0 Å². The summed E-state index contributed by atoms with van der Waals surface area (Å²) in [6.45, 7) is 6.16. The van der Waals surface area contributed by atoms with Crippen LogP contribution in [0, 0.1) is 17.8 Å². The zero-order chi connectivity index (χ0) is 35.4. The number of Topliss-reactive ketones (excluding diaryl/α,β-unsaturated/α-hetero) is 1. The van der Waals surface area contributed by atoms with Gasteiger partial charge in [-0.25, -0.2) is 0 Å². The van der Waals surface area contributed by atoms with Crippen molar-refractivity contribution in [3.63, 3.8) is 0 Å². The summed E-state index contributed by atoms with van der Waals surface area (Å²) in [5.74, 6) is -0.524. The van der Waals surface area contributed by atoms with Crippen LogP contribution in [0.2, 0.25) is 0 Å². The van der Waals surface area contributed by atoms with Gasteiger partial charge < -0.3 is 24.8 Å². The summed E-state index contributed by atoms with van der Waals surface area (Å²) in [5.41, 5.74) is 0. The number of aliphatic hydroxyl groups is 3. The molecule has 0 aliphatic heterocycles. The molecule has 278 valence electrons. The smallest absolute Gasteiger partial charge is 0.306 e. The second-order valence-corrected chi connectivity index (χ2v) is 14.0. The van der Waals surface area contributed by atoms with E-state index in [1.807, 2.05) is 12.2 Å². The number of hydrogen-bond acceptors (Lipinski definition) is 8. The molecule has 1 aliphatic rings. The summed E-state index contributed by atoms with van der Waals surface area (Å²) < 4.78 is 10.5. The molecule has 0 aromatic carbocycles. The van der Waals surface area contributed by atoms with E-state index in [0.717, 1.165) is 44.4 Å². The van der Waals surface area contributed by atoms with Crippen LogP contribution in [0.5, 0.6) is 0 Å². The highest BCUT2D eigenvalue weighted by atomic mass is 16.6. The van der Waals surface area contributed by atoms with E-state index in [-0.39, 0.29) is 43.0 Å². The van der Waals surface area contributed by atoms with Gasteiger partial charge in [-0.3, -0.25) is 14.4 Å². The third-order valence-corrected chi connectivity index (χ3v) is 9.66. The van der Waals surface area contributed by atoms with E-state index >= 15 is 0 Å². The highest BCUT2D eigenvalue weighted by Crippen LogP contribution is 2.33. The maximum absolute atomic E-state index is 12.4. The van der Waals surface area contributed by atoms with Crippen LogP contribution >= 0.6 is 0 Å². The molecule has 48 heavy (non-hydrogen) atoms. The summed E-state index contributed by atoms with van der Waals surface area (Å²) in [4.78, 5) is 36.8. The van der Waals surface area contributed by atoms with Gasteiger partial charge >= 0.3 is 11.9 Å². The number of esters is 2. The molecule has 8 heteroatoms. The number of unbranched alkanes of at least 4 members (excludes halogenated alkanes) is 12. The molecule has 1 fully saturated rings. The van der Waals surface area contributed by atoms with Crippen molar-refractivity contribution in [2.45, 2.75) is 180 Å². The van der Waals surface area contributed by atoms with Gasteiger partial charge in [-0.05, 0) is 38.0 Å². The Morgan fingerprint density at radius 1 is 0.854 bits per heavy atom. The molecule has 0 aromatic heterocycles. The molecule has 0 aromatic rings. The van der Waals surface area contributed by atoms with Gasteiger partial charge in [0.1, 0.15) is 12.4 Å². The maximum atomic E-state index is 12.4. The van der Waals surface area contributed by atoms with Gasteiger partial charge in [-0.1, -0.05) is 135 Å². The van der Waals surface area contributed by atoms with Crippen molar-refractivity contribution in [3.05, 3.63) is 24.3 Å². The Labute approximate surface area is 292 Å². The van der Waals surface area contributed by atoms with Crippen molar-refractivity contribution in [1.29, 1.82) is 0 Å². The fraction of sp³-hybridized carbons (Fsp3) is 0.825. The van der Waals surface area contributed by atoms with Crippen LogP contribution in [0.4, 0.5) is 0 Å². The van der Waals surface area contributed by atoms with E-state index in [9.17, 15) is 29.7 Å². The number of ether oxygens (including phenoxy) is 2. The molecular formula is C40H70O8. The standard InChI is InChI=1S/C40H70O8/c1-4-6-17-23-33(42)27-28-36-35(37(43)29-38(36)44)24-19-15-16-21-26-40(46)48-34(30-41)31-47-39(45)25-20-14-12-10-8-7-9-11-13-18-22-32(3)5-2/h15,19,27-28,32-36,38,41-42,44H,4-14,16-18,20-26,29-31H2,1-3H3/b19-15-,28-27+/t32?,33-,34-,35+,36+,38+/m0/s1. The summed E-state index contributed by atoms with van der Waals surface area (Å²) in [7, 11) is 0. The van der Waals surface area contributed by atoms with E-state index in [1.54, 1.807) is 12.2 Å². The van der Waals surface area contributed by atoms with Gasteiger partial charge in [0, 0.05) is 31.1 Å². The Bertz CT molecular complexity index is 900. The Balaban J connectivity index is 2.14. The minimum atomic E-state index is -0.873. The zero-order valence-corrected chi connectivity index (χ0v) is 30.6. The Morgan fingerprint density at radius 3 is 2.12 bits per heavy atom. The van der Waals surface area contributed by atoms with Crippen LogP contribution in [-0.4, -0.2) is 64.6 Å². The van der Waals surface area contributed by atoms with E-state index in [2.05, 4.69) is 20.8 Å². The topological polar surface area (TPSA) is 130 Å². The fourth-order valence-electron chi connectivity index (χ4n) is 6.22. The molecule has 0 bridgehead atoms. The summed E-state index contributed by atoms with van der Waals surface area (Å²) in [6.07, 6.45) is 25.9. The minimum absolute atomic E-state index is 0.0285. The summed E-state index contributed by atoms with van der Waals surface area (Å²) in [5, 5.41) is 30.1. The SMILES string of the molecule is CCCCC[C@H](O)/C=C/[C@H]1[C@H](O)CC(=O)[C@@H]1C/C=C\CCCC(=O)O[C@@H](CO)COC(=O)CCCCCCCCCCCCC(C)CC. The van der Waals surface area contributed by atoms with Gasteiger partial charge in [-0.15, -0.1) is 0 Å². The molecular weight excluding hydrogens is 608 g/mol. The summed E-state index contributed by atoms with van der Waals surface area (Å²) in [6, 6.07) is 0. The highest BCUT2D eigenvalue weighted by Gasteiger charge is 2.39. The second kappa shape index (κ2) is 28.8. The Hall–Kier alpha value is -2.03. The van der Waals surface area contributed by atoms with Gasteiger partial charge in [-0.2, -0.15) is 0 Å². The first-order chi connectivity index (χ1) is 23.2. The van der Waals surface area contributed by atoms with Gasteiger partial charge in [0.2, 0.25) is 0 Å². The third-order valence-electron chi connectivity index (χ3n) is 9.66. The number of carbonyl (C=O) groups excluding carboxylic acids is 3. The van der Waals surface area contributed by atoms with Gasteiger partial charge in [0.05, 0.1) is 18.8 Å². The number of carbonyl (C=O) groups is 3. The largest absolute Gasteiger partial charge is 0.462 e. The first-order valence-electron chi connectivity index (χ1n) is 19.4. The molecule has 0 amide bonds. The highest BCUT2D eigenvalue weighted by molar-refractivity contribution is 5.84. The molecule has 0 heterocycles. The molecule has 0 radical (unpaired) electrons. The normalized spacial score (nSPS) is 20.0. The molecule has 6 atom stereocenters. The van der Waals surface area contributed by atoms with E-state index in [1.165, 1.54) is 57.8 Å². The number of ketones is 1. The first-order valence-corrected chi connectivity index (χ1v) is 19.4. The number of hydrogen-bond donors (Lipinski definition) is 3. The van der Waals surface area contributed by atoms with Gasteiger partial charge in [0.15, 0.2) is 6.10 Å². The molecule has 3 N–H and O–H groups in total. The molecule has 0 saturated heterocycles.